The molecule has 1 radical (unpaired) electrons. The average molecular weight is 269 g/mol. The van der Waals surface area contributed by atoms with Crippen LogP contribution in [0.4, 0.5) is 0 Å². The Kier molecular flexibility index (Phi) is 15.1. The van der Waals surface area contributed by atoms with Gasteiger partial charge in [-0.15, -0.1) is 0 Å². The van der Waals surface area contributed by atoms with Crippen LogP contribution in [0.3, 0.4) is 0 Å². The maximum Gasteiger partial charge on any atom is 0.417 e. The summed E-state index contributed by atoms with van der Waals surface area (Å²) in [5.41, 5.74) is 0. The Morgan fingerprint density at radius 3 is 1.63 bits per heavy atom. The first-order chi connectivity index (χ1) is 9.31. The summed E-state index contributed by atoms with van der Waals surface area (Å²) in [5, 5.41) is 0. The SMILES string of the molecule is CCCCCCCCCCCCCCC(C)O[C]=O. The van der Waals surface area contributed by atoms with Crippen LogP contribution in [0.5, 0.6) is 0 Å². The zero-order chi connectivity index (χ0) is 14.2. The van der Waals surface area contributed by atoms with Crippen molar-refractivity contribution in [1.29, 1.82) is 0 Å². The summed E-state index contributed by atoms with van der Waals surface area (Å²) in [7, 11) is 0. The van der Waals surface area contributed by atoms with Crippen LogP contribution in [-0.4, -0.2) is 12.6 Å². The maximum absolute atomic E-state index is 9.99. The van der Waals surface area contributed by atoms with Crippen molar-refractivity contribution in [2.75, 3.05) is 0 Å². The molecule has 0 aromatic heterocycles. The van der Waals surface area contributed by atoms with E-state index in [4.69, 9.17) is 4.74 Å². The van der Waals surface area contributed by atoms with Gasteiger partial charge in [0.15, 0.2) is 0 Å². The largest absolute Gasteiger partial charge is 0.454 e. The van der Waals surface area contributed by atoms with Gasteiger partial charge in [0.25, 0.3) is 0 Å². The second-order valence-electron chi connectivity index (χ2n) is 5.69. The minimum Gasteiger partial charge on any atom is -0.454 e. The molecule has 0 rings (SSSR count). The highest BCUT2D eigenvalue weighted by atomic mass is 16.5. The molecule has 0 N–H and O–H groups in total. The second kappa shape index (κ2) is 15.5. The molecule has 0 aliphatic rings. The van der Waals surface area contributed by atoms with E-state index < -0.39 is 0 Å². The molecule has 2 heteroatoms. The molecule has 19 heavy (non-hydrogen) atoms. The molecule has 0 fully saturated rings. The Bertz CT molecular complexity index is 180. The van der Waals surface area contributed by atoms with E-state index in [1.807, 2.05) is 6.92 Å². The van der Waals surface area contributed by atoms with E-state index in [9.17, 15) is 4.79 Å². The van der Waals surface area contributed by atoms with Gasteiger partial charge in [0.2, 0.25) is 0 Å². The molecule has 0 saturated heterocycles. The topological polar surface area (TPSA) is 26.3 Å². The zero-order valence-electron chi connectivity index (χ0n) is 13.1. The molecule has 0 spiro atoms. The van der Waals surface area contributed by atoms with Crippen molar-refractivity contribution in [3.63, 3.8) is 0 Å². The van der Waals surface area contributed by atoms with Crippen molar-refractivity contribution in [2.45, 2.75) is 103 Å². The number of unbranched alkanes of at least 4 members (excludes halogenated alkanes) is 11. The minimum atomic E-state index is 0.0422. The monoisotopic (exact) mass is 269 g/mol. The second-order valence-corrected chi connectivity index (χ2v) is 5.69. The first-order valence-corrected chi connectivity index (χ1v) is 8.34. The first-order valence-electron chi connectivity index (χ1n) is 8.34. The van der Waals surface area contributed by atoms with Crippen LogP contribution in [0.15, 0.2) is 0 Å². The predicted octanol–water partition coefficient (Wildman–Crippen LogP) is 5.55. The highest BCUT2D eigenvalue weighted by molar-refractivity contribution is 5.38. The predicted molar refractivity (Wildman–Crippen MR) is 81.9 cm³/mol. The van der Waals surface area contributed by atoms with Gasteiger partial charge in [-0.2, -0.15) is 0 Å². The van der Waals surface area contributed by atoms with E-state index in [0.717, 1.165) is 6.42 Å². The lowest BCUT2D eigenvalue weighted by molar-refractivity contribution is 0.181. The Balaban J connectivity index is 3.00. The molecule has 0 saturated carbocycles. The summed E-state index contributed by atoms with van der Waals surface area (Å²) in [6.45, 7) is 5.71. The summed E-state index contributed by atoms with van der Waals surface area (Å²) >= 11 is 0. The molecule has 2 nitrogen and oxygen atoms in total. The van der Waals surface area contributed by atoms with Crippen LogP contribution in [-0.2, 0) is 9.53 Å². The van der Waals surface area contributed by atoms with Crippen molar-refractivity contribution in [2.24, 2.45) is 0 Å². The number of hydrogen-bond donors (Lipinski definition) is 0. The van der Waals surface area contributed by atoms with E-state index in [2.05, 4.69) is 6.92 Å². The van der Waals surface area contributed by atoms with Crippen molar-refractivity contribution < 1.29 is 9.53 Å². The number of hydrogen-bond acceptors (Lipinski definition) is 2. The summed E-state index contributed by atoms with van der Waals surface area (Å²) in [6.07, 6.45) is 17.4. The molecule has 113 valence electrons. The quantitative estimate of drug-likeness (QED) is 0.364. The maximum atomic E-state index is 9.99. The highest BCUT2D eigenvalue weighted by Crippen LogP contribution is 2.13. The van der Waals surface area contributed by atoms with Gasteiger partial charge in [0.05, 0.1) is 6.10 Å². The average Bonchev–Trinajstić information content (AvgIpc) is 2.40. The third-order valence-electron chi connectivity index (χ3n) is 3.71. The molecule has 0 aromatic carbocycles. The summed E-state index contributed by atoms with van der Waals surface area (Å²) in [6, 6.07) is 0. The summed E-state index contributed by atoms with van der Waals surface area (Å²) in [5.74, 6) is 0. The van der Waals surface area contributed by atoms with Gasteiger partial charge >= 0.3 is 6.47 Å². The van der Waals surface area contributed by atoms with E-state index in [1.165, 1.54) is 83.5 Å². The lowest BCUT2D eigenvalue weighted by Gasteiger charge is -2.07. The van der Waals surface area contributed by atoms with Gasteiger partial charge < -0.3 is 4.74 Å². The number of rotatable bonds is 15. The third-order valence-corrected chi connectivity index (χ3v) is 3.71. The van der Waals surface area contributed by atoms with E-state index in [1.54, 1.807) is 0 Å². The minimum absolute atomic E-state index is 0.0422. The van der Waals surface area contributed by atoms with Crippen LogP contribution < -0.4 is 0 Å². The lowest BCUT2D eigenvalue weighted by atomic mass is 10.0. The van der Waals surface area contributed by atoms with Crippen LogP contribution in [0, 0.1) is 0 Å². The van der Waals surface area contributed by atoms with Crippen molar-refractivity contribution >= 4 is 6.47 Å². The molecule has 1 atom stereocenters. The molecule has 0 amide bonds. The zero-order valence-corrected chi connectivity index (χ0v) is 13.1. The normalized spacial score (nSPS) is 12.3. The lowest BCUT2D eigenvalue weighted by Crippen LogP contribution is -2.05. The van der Waals surface area contributed by atoms with Crippen molar-refractivity contribution in [3.8, 4) is 0 Å². The molecular formula is C17H33O2. The van der Waals surface area contributed by atoms with Gasteiger partial charge in [0, 0.05) is 0 Å². The molecule has 0 aliphatic heterocycles. The van der Waals surface area contributed by atoms with Crippen LogP contribution in [0.1, 0.15) is 97.3 Å². The Morgan fingerprint density at radius 2 is 1.21 bits per heavy atom. The fraction of sp³-hybridized carbons (Fsp3) is 0.941. The molecule has 0 bridgehead atoms. The van der Waals surface area contributed by atoms with Gasteiger partial charge in [-0.25, -0.2) is 4.79 Å². The van der Waals surface area contributed by atoms with Crippen molar-refractivity contribution in [1.82, 2.24) is 0 Å². The van der Waals surface area contributed by atoms with Gasteiger partial charge in [-0.05, 0) is 19.8 Å². The van der Waals surface area contributed by atoms with Crippen LogP contribution in [0.25, 0.3) is 0 Å². The Morgan fingerprint density at radius 1 is 0.789 bits per heavy atom. The Hall–Kier alpha value is -0.530. The molecule has 0 aliphatic carbocycles. The van der Waals surface area contributed by atoms with Gasteiger partial charge in [-0.1, -0.05) is 77.6 Å². The fourth-order valence-corrected chi connectivity index (χ4v) is 2.41. The smallest absolute Gasteiger partial charge is 0.417 e. The number of ether oxygens (including phenoxy) is 1. The number of carbonyl (C=O) groups excluding carboxylic acids is 1. The fourth-order valence-electron chi connectivity index (χ4n) is 2.41. The molecule has 1 unspecified atom stereocenters. The standard InChI is InChI=1S/C17H33O2/c1-3-4-5-6-7-8-9-10-11-12-13-14-15-17(2)19-16-18/h17H,3-15H2,1-2H3. The van der Waals surface area contributed by atoms with Crippen LogP contribution >= 0.6 is 0 Å². The first kappa shape index (κ1) is 18.5. The van der Waals surface area contributed by atoms with E-state index >= 15 is 0 Å². The molecule has 0 heterocycles. The van der Waals surface area contributed by atoms with E-state index in [-0.39, 0.29) is 6.10 Å². The summed E-state index contributed by atoms with van der Waals surface area (Å²) < 4.78 is 4.74. The van der Waals surface area contributed by atoms with Crippen molar-refractivity contribution in [3.05, 3.63) is 0 Å². The third kappa shape index (κ3) is 15.4. The molecule has 0 aromatic rings. The molecular weight excluding hydrogens is 236 g/mol. The van der Waals surface area contributed by atoms with E-state index in [0.29, 0.717) is 0 Å². The van der Waals surface area contributed by atoms with Gasteiger partial charge in [0.1, 0.15) is 0 Å². The Labute approximate surface area is 120 Å². The summed E-state index contributed by atoms with van der Waals surface area (Å²) in [4.78, 5) is 9.99. The van der Waals surface area contributed by atoms with Crippen LogP contribution in [0.2, 0.25) is 0 Å². The van der Waals surface area contributed by atoms with Gasteiger partial charge in [-0.3, -0.25) is 0 Å². The highest BCUT2D eigenvalue weighted by Gasteiger charge is 2.01.